The van der Waals surface area contributed by atoms with Crippen LogP contribution in [0.3, 0.4) is 0 Å². The van der Waals surface area contributed by atoms with E-state index in [2.05, 4.69) is 24.4 Å². The molecule has 0 saturated carbocycles. The Labute approximate surface area is 189 Å². The molecule has 0 radical (unpaired) electrons. The second-order valence-electron chi connectivity index (χ2n) is 7.72. The van der Waals surface area contributed by atoms with Crippen LogP contribution in [0.25, 0.3) is 0 Å². The molecule has 0 unspecified atom stereocenters. The molecule has 0 bridgehead atoms. The highest BCUT2D eigenvalue weighted by molar-refractivity contribution is 7.92. The number of hydrazone groups is 1. The fourth-order valence-corrected chi connectivity index (χ4v) is 4.16. The van der Waals surface area contributed by atoms with Gasteiger partial charge in [0.15, 0.2) is 0 Å². The van der Waals surface area contributed by atoms with Crippen LogP contribution in [-0.2, 0) is 16.6 Å². The fraction of sp³-hybridized carbons (Fsp3) is 0.200. The first-order chi connectivity index (χ1) is 15.2. The number of carbonyl (C=O) groups excluding carboxylic acids is 1. The van der Waals surface area contributed by atoms with Crippen molar-refractivity contribution in [2.45, 2.75) is 27.3 Å². The van der Waals surface area contributed by atoms with E-state index in [9.17, 15) is 13.2 Å². The Morgan fingerprint density at radius 1 is 0.938 bits per heavy atom. The van der Waals surface area contributed by atoms with Crippen LogP contribution in [0, 0.1) is 20.8 Å². The summed E-state index contributed by atoms with van der Waals surface area (Å²) in [6, 6.07) is 19.8. The van der Waals surface area contributed by atoms with E-state index >= 15 is 0 Å². The zero-order valence-electron chi connectivity index (χ0n) is 18.7. The molecule has 1 amide bonds. The van der Waals surface area contributed by atoms with Gasteiger partial charge in [-0.2, -0.15) is 5.10 Å². The van der Waals surface area contributed by atoms with Crippen LogP contribution >= 0.6 is 0 Å². The lowest BCUT2D eigenvalue weighted by Crippen LogP contribution is -2.29. The molecule has 0 aliphatic carbocycles. The lowest BCUT2D eigenvalue weighted by molar-refractivity contribution is 0.0955. The largest absolute Gasteiger partial charge is 0.271 e. The van der Waals surface area contributed by atoms with Gasteiger partial charge in [-0.15, -0.1) is 0 Å². The van der Waals surface area contributed by atoms with Crippen molar-refractivity contribution in [1.29, 1.82) is 0 Å². The van der Waals surface area contributed by atoms with E-state index in [0.29, 0.717) is 11.3 Å². The van der Waals surface area contributed by atoms with Crippen LogP contribution in [0.2, 0.25) is 0 Å². The van der Waals surface area contributed by atoms with Crippen LogP contribution in [-0.4, -0.2) is 26.8 Å². The number of hydrogen-bond acceptors (Lipinski definition) is 4. The topological polar surface area (TPSA) is 78.8 Å². The highest BCUT2D eigenvalue weighted by Crippen LogP contribution is 2.21. The van der Waals surface area contributed by atoms with Crippen molar-refractivity contribution in [3.05, 3.63) is 100 Å². The molecule has 3 rings (SSSR count). The molecule has 1 N–H and O–H groups in total. The van der Waals surface area contributed by atoms with Crippen molar-refractivity contribution in [2.24, 2.45) is 5.10 Å². The predicted molar refractivity (Wildman–Crippen MR) is 130 cm³/mol. The summed E-state index contributed by atoms with van der Waals surface area (Å²) in [6.45, 7) is 6.34. The summed E-state index contributed by atoms with van der Waals surface area (Å²) in [5, 5.41) is 4.07. The molecule has 0 aromatic heterocycles. The van der Waals surface area contributed by atoms with Crippen LogP contribution in [0.5, 0.6) is 0 Å². The number of benzene rings is 3. The van der Waals surface area contributed by atoms with Crippen molar-refractivity contribution in [3.63, 3.8) is 0 Å². The van der Waals surface area contributed by atoms with Crippen LogP contribution in [0.4, 0.5) is 5.69 Å². The van der Waals surface area contributed by atoms with E-state index in [0.717, 1.165) is 16.7 Å². The van der Waals surface area contributed by atoms with Gasteiger partial charge in [0.2, 0.25) is 10.0 Å². The van der Waals surface area contributed by atoms with Crippen molar-refractivity contribution >= 4 is 27.8 Å². The van der Waals surface area contributed by atoms with E-state index < -0.39 is 10.0 Å². The van der Waals surface area contributed by atoms with Gasteiger partial charge in [-0.05, 0) is 72.9 Å². The first-order valence-electron chi connectivity index (χ1n) is 10.2. The van der Waals surface area contributed by atoms with Gasteiger partial charge in [0.1, 0.15) is 0 Å². The van der Waals surface area contributed by atoms with Crippen molar-refractivity contribution in [2.75, 3.05) is 10.6 Å². The van der Waals surface area contributed by atoms with E-state index in [1.165, 1.54) is 21.7 Å². The highest BCUT2D eigenvalue weighted by Gasteiger charge is 2.18. The molecule has 0 atom stereocenters. The Balaban J connectivity index is 1.72. The maximum atomic E-state index is 12.5. The number of amides is 1. The lowest BCUT2D eigenvalue weighted by Gasteiger charge is -2.22. The zero-order valence-corrected chi connectivity index (χ0v) is 19.5. The van der Waals surface area contributed by atoms with Crippen molar-refractivity contribution in [1.82, 2.24) is 5.43 Å². The second-order valence-corrected chi connectivity index (χ2v) is 9.63. The predicted octanol–water partition coefficient (Wildman–Crippen LogP) is 4.34. The number of sulfonamides is 1. The van der Waals surface area contributed by atoms with Gasteiger partial charge in [0.05, 0.1) is 24.7 Å². The molecule has 6 nitrogen and oxygen atoms in total. The molecule has 0 spiro atoms. The summed E-state index contributed by atoms with van der Waals surface area (Å²) in [6.07, 6.45) is 2.79. The number of carbonyl (C=O) groups is 1. The first-order valence-corrected chi connectivity index (χ1v) is 12.0. The Morgan fingerprint density at radius 3 is 2.22 bits per heavy atom. The third kappa shape index (κ3) is 5.62. The third-order valence-electron chi connectivity index (χ3n) is 5.46. The summed E-state index contributed by atoms with van der Waals surface area (Å²) in [7, 11) is -3.50. The molecule has 7 heteroatoms. The maximum Gasteiger partial charge on any atom is 0.271 e. The summed E-state index contributed by atoms with van der Waals surface area (Å²) < 4.78 is 26.0. The molecule has 3 aromatic carbocycles. The van der Waals surface area contributed by atoms with Crippen molar-refractivity contribution < 1.29 is 13.2 Å². The second kappa shape index (κ2) is 9.78. The zero-order chi connectivity index (χ0) is 23.3. The van der Waals surface area contributed by atoms with Crippen LogP contribution in [0.15, 0.2) is 71.8 Å². The average Bonchev–Trinajstić information content (AvgIpc) is 2.77. The molecule has 3 aromatic rings. The lowest BCUT2D eigenvalue weighted by atomic mass is 10.00. The van der Waals surface area contributed by atoms with Gasteiger partial charge in [0.25, 0.3) is 5.91 Å². The summed E-state index contributed by atoms with van der Waals surface area (Å²) in [5.74, 6) is -0.372. The summed E-state index contributed by atoms with van der Waals surface area (Å²) in [5.41, 5.74) is 8.73. The Kier molecular flexibility index (Phi) is 7.10. The monoisotopic (exact) mass is 449 g/mol. The maximum absolute atomic E-state index is 12.5. The van der Waals surface area contributed by atoms with Gasteiger partial charge in [-0.3, -0.25) is 9.10 Å². The van der Waals surface area contributed by atoms with Gasteiger partial charge in [-0.1, -0.05) is 42.5 Å². The SMILES string of the molecule is Cc1ccc(/C=N/NC(=O)c2ccc(N(Cc3ccccc3)S(C)(=O)=O)cc2)c(C)c1C. The molecule has 0 fully saturated rings. The fourth-order valence-electron chi connectivity index (χ4n) is 3.27. The van der Waals surface area contributed by atoms with Crippen LogP contribution in [0.1, 0.15) is 38.2 Å². The number of rotatable bonds is 7. The molecule has 166 valence electrons. The summed E-state index contributed by atoms with van der Waals surface area (Å²) >= 11 is 0. The Hall–Kier alpha value is -3.45. The molecular weight excluding hydrogens is 422 g/mol. The molecule has 32 heavy (non-hydrogen) atoms. The van der Waals surface area contributed by atoms with E-state index in [-0.39, 0.29) is 12.5 Å². The number of nitrogens with one attached hydrogen (secondary N) is 1. The quantitative estimate of drug-likeness (QED) is 0.430. The van der Waals surface area contributed by atoms with Crippen LogP contribution < -0.4 is 9.73 Å². The van der Waals surface area contributed by atoms with Gasteiger partial charge in [0, 0.05) is 5.56 Å². The molecule has 0 saturated heterocycles. The summed E-state index contributed by atoms with van der Waals surface area (Å²) in [4.78, 5) is 12.5. The van der Waals surface area contributed by atoms with E-state index in [1.54, 1.807) is 30.5 Å². The smallest absolute Gasteiger partial charge is 0.267 e. The standard InChI is InChI=1S/C25H27N3O3S/c1-18-10-11-23(20(3)19(18)2)16-26-27-25(29)22-12-14-24(15-13-22)28(32(4,30)31)17-21-8-6-5-7-9-21/h5-16H,17H2,1-4H3,(H,27,29)/b26-16+. The normalized spacial score (nSPS) is 11.5. The number of aryl methyl sites for hydroxylation is 1. The first kappa shape index (κ1) is 23.2. The third-order valence-corrected chi connectivity index (χ3v) is 6.60. The Morgan fingerprint density at radius 2 is 1.59 bits per heavy atom. The van der Waals surface area contributed by atoms with Gasteiger partial charge < -0.3 is 0 Å². The highest BCUT2D eigenvalue weighted by atomic mass is 32.2. The van der Waals surface area contributed by atoms with Gasteiger partial charge >= 0.3 is 0 Å². The minimum atomic E-state index is -3.50. The minimum absolute atomic E-state index is 0.213. The molecule has 0 aliphatic heterocycles. The average molecular weight is 450 g/mol. The van der Waals surface area contributed by atoms with Gasteiger partial charge in [-0.25, -0.2) is 13.8 Å². The number of nitrogens with zero attached hydrogens (tertiary/aromatic N) is 2. The molecule has 0 aliphatic rings. The molecular formula is C25H27N3O3S. The Bertz CT molecular complexity index is 1240. The number of hydrogen-bond donors (Lipinski definition) is 1. The van der Waals surface area contributed by atoms with E-state index in [1.807, 2.05) is 49.4 Å². The number of anilines is 1. The van der Waals surface area contributed by atoms with Crippen molar-refractivity contribution in [3.8, 4) is 0 Å². The van der Waals surface area contributed by atoms with E-state index in [4.69, 9.17) is 0 Å². The minimum Gasteiger partial charge on any atom is -0.267 e. The molecule has 0 heterocycles.